The SMILES string of the molecule is CSC1(CNc2nc(C)cc(C)n2)CCCCC1. The van der Waals surface area contributed by atoms with Crippen LogP contribution >= 0.6 is 11.8 Å². The fourth-order valence-corrected chi connectivity index (χ4v) is 3.61. The Labute approximate surface area is 114 Å². The van der Waals surface area contributed by atoms with Gasteiger partial charge in [0.05, 0.1) is 0 Å². The maximum atomic E-state index is 4.45. The molecule has 4 heteroatoms. The molecule has 1 aliphatic carbocycles. The molecule has 2 rings (SSSR count). The van der Waals surface area contributed by atoms with E-state index in [0.717, 1.165) is 23.9 Å². The normalized spacial score (nSPS) is 18.6. The summed E-state index contributed by atoms with van der Waals surface area (Å²) in [7, 11) is 0. The number of aromatic nitrogens is 2. The number of anilines is 1. The number of thioether (sulfide) groups is 1. The second-order valence-corrected chi connectivity index (χ2v) is 6.55. The van der Waals surface area contributed by atoms with E-state index in [-0.39, 0.29) is 0 Å². The van der Waals surface area contributed by atoms with Gasteiger partial charge in [-0.2, -0.15) is 11.8 Å². The first kappa shape index (κ1) is 13.7. The fourth-order valence-electron chi connectivity index (χ4n) is 2.69. The van der Waals surface area contributed by atoms with E-state index in [2.05, 4.69) is 21.5 Å². The summed E-state index contributed by atoms with van der Waals surface area (Å²) in [5, 5.41) is 3.44. The average molecular weight is 265 g/mol. The molecule has 1 fully saturated rings. The molecule has 100 valence electrons. The lowest BCUT2D eigenvalue weighted by Crippen LogP contribution is -2.36. The molecular formula is C14H23N3S. The zero-order chi connectivity index (χ0) is 13.0. The van der Waals surface area contributed by atoms with Crippen LogP contribution in [0.15, 0.2) is 6.07 Å². The van der Waals surface area contributed by atoms with Crippen LogP contribution in [0.3, 0.4) is 0 Å². The quantitative estimate of drug-likeness (QED) is 0.903. The number of hydrogen-bond donors (Lipinski definition) is 1. The van der Waals surface area contributed by atoms with Crippen molar-refractivity contribution >= 4 is 17.7 Å². The summed E-state index contributed by atoms with van der Waals surface area (Å²) in [4.78, 5) is 8.90. The summed E-state index contributed by atoms with van der Waals surface area (Å²) in [6, 6.07) is 2.01. The summed E-state index contributed by atoms with van der Waals surface area (Å²) in [5.74, 6) is 0.784. The van der Waals surface area contributed by atoms with E-state index >= 15 is 0 Å². The van der Waals surface area contributed by atoms with Crippen molar-refractivity contribution < 1.29 is 0 Å². The van der Waals surface area contributed by atoms with Gasteiger partial charge < -0.3 is 5.32 Å². The van der Waals surface area contributed by atoms with Crippen molar-refractivity contribution in [3.8, 4) is 0 Å². The van der Waals surface area contributed by atoms with Crippen molar-refractivity contribution in [1.29, 1.82) is 0 Å². The van der Waals surface area contributed by atoms with Gasteiger partial charge in [0.1, 0.15) is 0 Å². The zero-order valence-corrected chi connectivity index (χ0v) is 12.4. The third kappa shape index (κ3) is 3.37. The highest BCUT2D eigenvalue weighted by atomic mass is 32.2. The third-order valence-corrected chi connectivity index (χ3v) is 5.17. The molecule has 0 spiro atoms. The van der Waals surface area contributed by atoms with E-state index in [0.29, 0.717) is 4.75 Å². The van der Waals surface area contributed by atoms with E-state index in [9.17, 15) is 0 Å². The Balaban J connectivity index is 2.00. The van der Waals surface area contributed by atoms with Crippen LogP contribution in [0.1, 0.15) is 43.5 Å². The molecule has 0 aliphatic heterocycles. The molecule has 0 aromatic carbocycles. The summed E-state index contributed by atoms with van der Waals surface area (Å²) < 4.78 is 0.388. The van der Waals surface area contributed by atoms with E-state index in [4.69, 9.17) is 0 Å². The van der Waals surface area contributed by atoms with Gasteiger partial charge in [0.25, 0.3) is 0 Å². The van der Waals surface area contributed by atoms with Crippen LogP contribution in [0, 0.1) is 13.8 Å². The molecular weight excluding hydrogens is 242 g/mol. The molecule has 0 saturated heterocycles. The molecule has 1 aromatic rings. The monoisotopic (exact) mass is 265 g/mol. The smallest absolute Gasteiger partial charge is 0.223 e. The topological polar surface area (TPSA) is 37.8 Å². The summed E-state index contributed by atoms with van der Waals surface area (Å²) in [6.45, 7) is 5.02. The van der Waals surface area contributed by atoms with Crippen LogP contribution < -0.4 is 5.32 Å². The highest BCUT2D eigenvalue weighted by molar-refractivity contribution is 8.00. The highest BCUT2D eigenvalue weighted by Crippen LogP contribution is 2.38. The van der Waals surface area contributed by atoms with Crippen molar-refractivity contribution in [2.45, 2.75) is 50.7 Å². The Kier molecular flexibility index (Phi) is 4.49. The molecule has 0 unspecified atom stereocenters. The molecule has 0 amide bonds. The fraction of sp³-hybridized carbons (Fsp3) is 0.714. The Morgan fingerprint density at radius 2 is 1.78 bits per heavy atom. The summed E-state index contributed by atoms with van der Waals surface area (Å²) >= 11 is 2.00. The van der Waals surface area contributed by atoms with E-state index in [1.807, 2.05) is 31.7 Å². The molecule has 18 heavy (non-hydrogen) atoms. The lowest BCUT2D eigenvalue weighted by Gasteiger charge is -2.35. The number of aryl methyl sites for hydroxylation is 2. The Hall–Kier alpha value is -0.770. The van der Waals surface area contributed by atoms with Crippen molar-refractivity contribution in [3.63, 3.8) is 0 Å². The minimum Gasteiger partial charge on any atom is -0.353 e. The predicted octanol–water partition coefficient (Wildman–Crippen LogP) is 3.57. The van der Waals surface area contributed by atoms with Crippen LogP contribution in [0.5, 0.6) is 0 Å². The van der Waals surface area contributed by atoms with Crippen molar-refractivity contribution in [2.75, 3.05) is 18.1 Å². The highest BCUT2D eigenvalue weighted by Gasteiger charge is 2.31. The number of rotatable bonds is 4. The van der Waals surface area contributed by atoms with Gasteiger partial charge in [0.2, 0.25) is 5.95 Å². The third-order valence-electron chi connectivity index (χ3n) is 3.75. The molecule has 1 heterocycles. The van der Waals surface area contributed by atoms with Gasteiger partial charge in [-0.15, -0.1) is 0 Å². The molecule has 1 N–H and O–H groups in total. The number of nitrogens with zero attached hydrogens (tertiary/aromatic N) is 2. The minimum atomic E-state index is 0.388. The van der Waals surface area contributed by atoms with E-state index < -0.39 is 0 Å². The van der Waals surface area contributed by atoms with Gasteiger partial charge in [-0.05, 0) is 39.0 Å². The van der Waals surface area contributed by atoms with Crippen LogP contribution in [0.2, 0.25) is 0 Å². The van der Waals surface area contributed by atoms with Crippen LogP contribution in [-0.2, 0) is 0 Å². The second-order valence-electron chi connectivity index (χ2n) is 5.28. The van der Waals surface area contributed by atoms with Crippen molar-refractivity contribution in [2.24, 2.45) is 0 Å². The summed E-state index contributed by atoms with van der Waals surface area (Å²) in [6.07, 6.45) is 8.96. The lowest BCUT2D eigenvalue weighted by atomic mass is 9.88. The van der Waals surface area contributed by atoms with Gasteiger partial charge in [-0.3, -0.25) is 0 Å². The van der Waals surface area contributed by atoms with Crippen LogP contribution in [0.4, 0.5) is 5.95 Å². The van der Waals surface area contributed by atoms with Gasteiger partial charge in [-0.25, -0.2) is 9.97 Å². The van der Waals surface area contributed by atoms with Gasteiger partial charge in [0.15, 0.2) is 0 Å². The standard InChI is InChI=1S/C14H23N3S/c1-11-9-12(2)17-13(16-11)15-10-14(18-3)7-5-4-6-8-14/h9H,4-8,10H2,1-3H3,(H,15,16,17). The van der Waals surface area contributed by atoms with Gasteiger partial charge in [0, 0.05) is 22.7 Å². The average Bonchev–Trinajstić information content (AvgIpc) is 2.36. The van der Waals surface area contributed by atoms with Crippen LogP contribution in [-0.4, -0.2) is 27.5 Å². The molecule has 0 atom stereocenters. The maximum absolute atomic E-state index is 4.45. The summed E-state index contributed by atoms with van der Waals surface area (Å²) in [5.41, 5.74) is 2.07. The molecule has 1 saturated carbocycles. The number of hydrogen-bond acceptors (Lipinski definition) is 4. The van der Waals surface area contributed by atoms with Gasteiger partial charge in [-0.1, -0.05) is 19.3 Å². The Morgan fingerprint density at radius 3 is 2.33 bits per heavy atom. The first-order valence-corrected chi connectivity index (χ1v) is 7.97. The molecule has 0 bridgehead atoms. The first-order chi connectivity index (χ1) is 8.63. The molecule has 1 aromatic heterocycles. The van der Waals surface area contributed by atoms with Gasteiger partial charge >= 0.3 is 0 Å². The minimum absolute atomic E-state index is 0.388. The molecule has 1 aliphatic rings. The number of nitrogens with one attached hydrogen (secondary N) is 1. The second kappa shape index (κ2) is 5.91. The maximum Gasteiger partial charge on any atom is 0.223 e. The van der Waals surface area contributed by atoms with E-state index in [1.165, 1.54) is 32.1 Å². The molecule has 3 nitrogen and oxygen atoms in total. The Morgan fingerprint density at radius 1 is 1.17 bits per heavy atom. The zero-order valence-electron chi connectivity index (χ0n) is 11.6. The van der Waals surface area contributed by atoms with Crippen LogP contribution in [0.25, 0.3) is 0 Å². The largest absolute Gasteiger partial charge is 0.353 e. The Bertz CT molecular complexity index is 380. The lowest BCUT2D eigenvalue weighted by molar-refractivity contribution is 0.411. The van der Waals surface area contributed by atoms with Crippen molar-refractivity contribution in [3.05, 3.63) is 17.5 Å². The predicted molar refractivity (Wildman–Crippen MR) is 79.3 cm³/mol. The molecule has 0 radical (unpaired) electrons. The first-order valence-electron chi connectivity index (χ1n) is 6.75. The van der Waals surface area contributed by atoms with E-state index in [1.54, 1.807) is 0 Å². The van der Waals surface area contributed by atoms with Crippen molar-refractivity contribution in [1.82, 2.24) is 9.97 Å².